The van der Waals surface area contributed by atoms with Crippen LogP contribution in [-0.4, -0.2) is 48.9 Å². The lowest BCUT2D eigenvalue weighted by molar-refractivity contribution is 0.0161. The molecule has 0 saturated carbocycles. The van der Waals surface area contributed by atoms with Gasteiger partial charge >= 0.3 is 6.09 Å². The monoisotopic (exact) mass is 324 g/mol. The minimum atomic E-state index is -0.417. The van der Waals surface area contributed by atoms with Crippen LogP contribution in [-0.2, 0) is 9.47 Å². The van der Waals surface area contributed by atoms with Gasteiger partial charge in [-0.25, -0.2) is 4.79 Å². The molecule has 2 heterocycles. The number of hydrogen-bond acceptors (Lipinski definition) is 4. The van der Waals surface area contributed by atoms with E-state index < -0.39 is 5.60 Å². The van der Waals surface area contributed by atoms with E-state index in [2.05, 4.69) is 11.4 Å². The van der Waals surface area contributed by atoms with E-state index in [9.17, 15) is 4.79 Å². The van der Waals surface area contributed by atoms with Gasteiger partial charge in [0.1, 0.15) is 11.7 Å². The maximum absolute atomic E-state index is 12.2. The first-order valence-corrected chi connectivity index (χ1v) is 8.93. The topological polar surface area (TPSA) is 50.8 Å². The third-order valence-electron chi connectivity index (χ3n) is 4.29. The van der Waals surface area contributed by atoms with Crippen molar-refractivity contribution in [1.29, 1.82) is 0 Å². The molecule has 2 unspecified atom stereocenters. The number of nitrogens with zero attached hydrogens (tertiary/aromatic N) is 1. The maximum atomic E-state index is 12.2. The van der Waals surface area contributed by atoms with Crippen molar-refractivity contribution in [2.45, 2.75) is 64.6 Å². The van der Waals surface area contributed by atoms with Gasteiger partial charge in [0.05, 0.1) is 6.26 Å². The lowest BCUT2D eigenvalue weighted by Crippen LogP contribution is -2.43. The zero-order chi connectivity index (χ0) is 16.7. The molecule has 2 aliphatic rings. The van der Waals surface area contributed by atoms with Gasteiger partial charge in [0.2, 0.25) is 0 Å². The molecule has 23 heavy (non-hydrogen) atoms. The van der Waals surface area contributed by atoms with Crippen molar-refractivity contribution in [2.24, 2.45) is 5.92 Å². The average Bonchev–Trinajstić information content (AvgIpc) is 2.51. The Morgan fingerprint density at radius 2 is 2.22 bits per heavy atom. The van der Waals surface area contributed by atoms with Crippen molar-refractivity contribution in [1.82, 2.24) is 10.2 Å². The number of nitrogens with one attached hydrogen (secondary N) is 1. The molecule has 0 aliphatic carbocycles. The summed E-state index contributed by atoms with van der Waals surface area (Å²) in [5, 5.41) is 3.49. The Kier molecular flexibility index (Phi) is 6.75. The van der Waals surface area contributed by atoms with Gasteiger partial charge in [-0.3, -0.25) is 0 Å². The van der Waals surface area contributed by atoms with Crippen LogP contribution in [0.25, 0.3) is 0 Å². The van der Waals surface area contributed by atoms with Crippen LogP contribution in [0.2, 0.25) is 0 Å². The lowest BCUT2D eigenvalue weighted by Gasteiger charge is -2.34. The summed E-state index contributed by atoms with van der Waals surface area (Å²) in [5.41, 5.74) is -0.417. The first kappa shape index (κ1) is 18.1. The third-order valence-corrected chi connectivity index (χ3v) is 4.29. The summed E-state index contributed by atoms with van der Waals surface area (Å²) in [4.78, 5) is 14.0. The second-order valence-electron chi connectivity index (χ2n) is 7.63. The molecular weight excluding hydrogens is 292 g/mol. The first-order valence-electron chi connectivity index (χ1n) is 8.93. The van der Waals surface area contributed by atoms with Gasteiger partial charge in [-0.1, -0.05) is 0 Å². The fraction of sp³-hybridized carbons (Fsp3) is 0.833. The van der Waals surface area contributed by atoms with Crippen LogP contribution in [0.3, 0.4) is 0 Å². The largest absolute Gasteiger partial charge is 0.497 e. The smallest absolute Gasteiger partial charge is 0.410 e. The summed E-state index contributed by atoms with van der Waals surface area (Å²) < 4.78 is 11.0. The molecule has 1 N–H and O–H groups in total. The Labute approximate surface area is 140 Å². The highest BCUT2D eigenvalue weighted by molar-refractivity contribution is 5.68. The van der Waals surface area contributed by atoms with Crippen molar-refractivity contribution >= 4 is 6.09 Å². The minimum absolute atomic E-state index is 0.169. The van der Waals surface area contributed by atoms with E-state index in [0.29, 0.717) is 12.0 Å². The molecule has 2 aliphatic heterocycles. The van der Waals surface area contributed by atoms with Crippen LogP contribution in [0.1, 0.15) is 52.9 Å². The van der Waals surface area contributed by atoms with Crippen LogP contribution >= 0.6 is 0 Å². The fourth-order valence-corrected chi connectivity index (χ4v) is 3.10. The van der Waals surface area contributed by atoms with Gasteiger partial charge < -0.3 is 19.7 Å². The van der Waals surface area contributed by atoms with Gasteiger partial charge in [0, 0.05) is 19.6 Å². The van der Waals surface area contributed by atoms with Crippen molar-refractivity contribution in [3.63, 3.8) is 0 Å². The van der Waals surface area contributed by atoms with E-state index in [1.54, 1.807) is 0 Å². The van der Waals surface area contributed by atoms with E-state index in [1.165, 1.54) is 6.42 Å². The minimum Gasteiger partial charge on any atom is -0.497 e. The second-order valence-corrected chi connectivity index (χ2v) is 7.63. The van der Waals surface area contributed by atoms with Gasteiger partial charge in [0.15, 0.2) is 0 Å². The predicted molar refractivity (Wildman–Crippen MR) is 91.3 cm³/mol. The second kappa shape index (κ2) is 8.57. The zero-order valence-corrected chi connectivity index (χ0v) is 14.8. The van der Waals surface area contributed by atoms with Crippen LogP contribution < -0.4 is 5.32 Å². The molecule has 5 heteroatoms. The highest BCUT2D eigenvalue weighted by Crippen LogP contribution is 2.21. The standard InChI is InChI=1S/C18H32N2O3/c1-18(2,3)23-17(21)20-11-6-7-15(14-20)9-10-19-13-16-8-4-5-12-22-16/h5,12,15-16,19H,4,6-11,13-14H2,1-3H3. The number of piperidine rings is 1. The molecule has 132 valence electrons. The highest BCUT2D eigenvalue weighted by atomic mass is 16.6. The summed E-state index contributed by atoms with van der Waals surface area (Å²) in [6.45, 7) is 9.28. The molecule has 1 saturated heterocycles. The van der Waals surface area contributed by atoms with E-state index in [4.69, 9.17) is 9.47 Å². The summed E-state index contributed by atoms with van der Waals surface area (Å²) in [6, 6.07) is 0. The SMILES string of the molecule is CC(C)(C)OC(=O)N1CCCC(CCNCC2CCC=CO2)C1. The predicted octanol–water partition coefficient (Wildman–Crippen LogP) is 3.31. The normalized spacial score (nSPS) is 25.1. The fourth-order valence-electron chi connectivity index (χ4n) is 3.10. The molecule has 0 aromatic rings. The average molecular weight is 324 g/mol. The van der Waals surface area contributed by atoms with E-state index >= 15 is 0 Å². The molecule has 5 nitrogen and oxygen atoms in total. The maximum Gasteiger partial charge on any atom is 0.410 e. The van der Waals surface area contributed by atoms with E-state index in [0.717, 1.165) is 51.9 Å². The van der Waals surface area contributed by atoms with Crippen molar-refractivity contribution in [2.75, 3.05) is 26.2 Å². The molecule has 2 rings (SSSR count). The molecule has 0 aromatic heterocycles. The first-order chi connectivity index (χ1) is 10.9. The summed E-state index contributed by atoms with van der Waals surface area (Å²) in [7, 11) is 0. The number of amides is 1. The van der Waals surface area contributed by atoms with E-state index in [-0.39, 0.29) is 6.09 Å². The molecule has 0 bridgehead atoms. The molecule has 1 fully saturated rings. The number of ether oxygens (including phenoxy) is 2. The quantitative estimate of drug-likeness (QED) is 0.788. The number of carbonyl (C=O) groups excluding carboxylic acids is 1. The van der Waals surface area contributed by atoms with Crippen molar-refractivity contribution in [3.8, 4) is 0 Å². The van der Waals surface area contributed by atoms with Gasteiger partial charge in [0.25, 0.3) is 0 Å². The Hall–Kier alpha value is -1.23. The van der Waals surface area contributed by atoms with Crippen molar-refractivity contribution < 1.29 is 14.3 Å². The summed E-state index contributed by atoms with van der Waals surface area (Å²) >= 11 is 0. The lowest BCUT2D eigenvalue weighted by atomic mass is 9.95. The number of carbonyl (C=O) groups is 1. The Morgan fingerprint density at radius 3 is 2.91 bits per heavy atom. The zero-order valence-electron chi connectivity index (χ0n) is 14.8. The highest BCUT2D eigenvalue weighted by Gasteiger charge is 2.27. The molecule has 0 spiro atoms. The molecule has 0 aromatic carbocycles. The Morgan fingerprint density at radius 1 is 1.39 bits per heavy atom. The third kappa shape index (κ3) is 6.81. The molecule has 1 amide bonds. The number of likely N-dealkylation sites (tertiary alicyclic amines) is 1. The Bertz CT molecular complexity index is 404. The molecule has 2 atom stereocenters. The number of allylic oxidation sites excluding steroid dienone is 1. The van der Waals surface area contributed by atoms with Crippen LogP contribution in [0, 0.1) is 5.92 Å². The number of hydrogen-bond donors (Lipinski definition) is 1. The molecular formula is C18H32N2O3. The van der Waals surface area contributed by atoms with Crippen LogP contribution in [0.15, 0.2) is 12.3 Å². The summed E-state index contributed by atoms with van der Waals surface area (Å²) in [6.07, 6.45) is 9.60. The van der Waals surface area contributed by atoms with Gasteiger partial charge in [-0.05, 0) is 71.4 Å². The summed E-state index contributed by atoms with van der Waals surface area (Å²) in [5.74, 6) is 0.566. The van der Waals surface area contributed by atoms with Crippen molar-refractivity contribution in [3.05, 3.63) is 12.3 Å². The van der Waals surface area contributed by atoms with Crippen LogP contribution in [0.5, 0.6) is 0 Å². The van der Waals surface area contributed by atoms with Gasteiger partial charge in [-0.2, -0.15) is 0 Å². The van der Waals surface area contributed by atoms with Crippen LogP contribution in [0.4, 0.5) is 4.79 Å². The van der Waals surface area contributed by atoms with E-state index in [1.807, 2.05) is 31.9 Å². The number of rotatable bonds is 5. The Balaban J connectivity index is 1.63. The van der Waals surface area contributed by atoms with Gasteiger partial charge in [-0.15, -0.1) is 0 Å². The molecule has 0 radical (unpaired) electrons.